The minimum Gasteiger partial charge on any atom is -0.324 e. The number of nitrogens with zero attached hydrogens (tertiary/aromatic N) is 2. The molecule has 2 N–H and O–H groups in total. The number of nitrogens with two attached hydrogens (primary N) is 1. The van der Waals surface area contributed by atoms with Gasteiger partial charge in [0.1, 0.15) is 0 Å². The molecule has 0 aliphatic rings. The molecule has 0 aliphatic heterocycles. The normalized spacial score (nSPS) is 12.6. The predicted octanol–water partition coefficient (Wildman–Crippen LogP) is 3.19. The molecule has 96 valence electrons. The molecule has 0 radical (unpaired) electrons. The number of hydrogen-bond donors (Lipinski definition) is 1. The van der Waals surface area contributed by atoms with Gasteiger partial charge in [-0.2, -0.15) is 5.10 Å². The molecule has 2 rings (SSSR count). The highest BCUT2D eigenvalue weighted by atomic mass is 35.5. The van der Waals surface area contributed by atoms with Crippen LogP contribution in [0.1, 0.15) is 30.6 Å². The van der Waals surface area contributed by atoms with E-state index in [1.807, 2.05) is 22.9 Å². The van der Waals surface area contributed by atoms with E-state index in [0.717, 1.165) is 35.7 Å². The fraction of sp³-hybridized carbons (Fsp3) is 0.357. The van der Waals surface area contributed by atoms with Crippen molar-refractivity contribution in [2.24, 2.45) is 5.73 Å². The topological polar surface area (TPSA) is 43.8 Å². The molecule has 1 heterocycles. The Balaban J connectivity index is 2.01. The summed E-state index contributed by atoms with van der Waals surface area (Å²) < 4.78 is 1.93. The van der Waals surface area contributed by atoms with Gasteiger partial charge >= 0.3 is 0 Å². The summed E-state index contributed by atoms with van der Waals surface area (Å²) in [7, 11) is 0. The number of halogens is 1. The lowest BCUT2D eigenvalue weighted by Gasteiger charge is -2.12. The minimum atomic E-state index is 0.0440. The van der Waals surface area contributed by atoms with Crippen LogP contribution in [0.4, 0.5) is 0 Å². The van der Waals surface area contributed by atoms with Gasteiger partial charge in [0.05, 0.1) is 16.9 Å². The summed E-state index contributed by atoms with van der Waals surface area (Å²) in [5.74, 6) is 0. The molecule has 1 unspecified atom stereocenters. The van der Waals surface area contributed by atoms with Crippen molar-refractivity contribution < 1.29 is 0 Å². The van der Waals surface area contributed by atoms with E-state index in [0.29, 0.717) is 0 Å². The van der Waals surface area contributed by atoms with E-state index in [1.165, 1.54) is 0 Å². The van der Waals surface area contributed by atoms with Crippen LogP contribution in [0, 0.1) is 0 Å². The summed E-state index contributed by atoms with van der Waals surface area (Å²) in [6.07, 6.45) is 3.42. The highest BCUT2D eigenvalue weighted by molar-refractivity contribution is 6.31. The first-order chi connectivity index (χ1) is 8.72. The van der Waals surface area contributed by atoms with Gasteiger partial charge in [-0.05, 0) is 25.3 Å². The van der Waals surface area contributed by atoms with Gasteiger partial charge in [0.2, 0.25) is 0 Å². The molecule has 2 aromatic rings. The van der Waals surface area contributed by atoms with E-state index in [-0.39, 0.29) is 6.04 Å². The van der Waals surface area contributed by atoms with Gasteiger partial charge in [0, 0.05) is 12.6 Å². The fourth-order valence-corrected chi connectivity index (χ4v) is 2.30. The Morgan fingerprint density at radius 3 is 2.72 bits per heavy atom. The van der Waals surface area contributed by atoms with Crippen molar-refractivity contribution in [1.82, 2.24) is 9.78 Å². The first-order valence-corrected chi connectivity index (χ1v) is 6.61. The highest BCUT2D eigenvalue weighted by Gasteiger charge is 2.11. The van der Waals surface area contributed by atoms with Gasteiger partial charge < -0.3 is 5.73 Å². The lowest BCUT2D eigenvalue weighted by atomic mass is 10.0. The Bertz CT molecular complexity index is 493. The Morgan fingerprint density at radius 1 is 1.33 bits per heavy atom. The number of aromatic nitrogens is 2. The Morgan fingerprint density at radius 2 is 2.06 bits per heavy atom. The largest absolute Gasteiger partial charge is 0.324 e. The van der Waals surface area contributed by atoms with Crippen LogP contribution in [0.15, 0.2) is 36.5 Å². The molecular weight excluding hydrogens is 246 g/mol. The average Bonchev–Trinajstić information content (AvgIpc) is 2.77. The van der Waals surface area contributed by atoms with Crippen LogP contribution in [0.5, 0.6) is 0 Å². The molecule has 0 saturated carbocycles. The summed E-state index contributed by atoms with van der Waals surface area (Å²) in [4.78, 5) is 0. The zero-order valence-electron chi connectivity index (χ0n) is 10.5. The van der Waals surface area contributed by atoms with Crippen molar-refractivity contribution in [3.63, 3.8) is 0 Å². The lowest BCUT2D eigenvalue weighted by Crippen LogP contribution is -2.13. The molecule has 1 aromatic heterocycles. The molecule has 0 saturated heterocycles. The van der Waals surface area contributed by atoms with Crippen LogP contribution in [0.3, 0.4) is 0 Å². The zero-order valence-corrected chi connectivity index (χ0v) is 11.3. The molecule has 3 nitrogen and oxygen atoms in total. The van der Waals surface area contributed by atoms with Crippen molar-refractivity contribution in [2.45, 2.75) is 32.4 Å². The molecule has 0 fully saturated rings. The molecular formula is C14H18ClN3. The molecule has 0 aliphatic carbocycles. The maximum absolute atomic E-state index is 6.18. The molecule has 1 aromatic carbocycles. The smallest absolute Gasteiger partial charge is 0.0817 e. The second-order valence-electron chi connectivity index (χ2n) is 4.31. The Kier molecular flexibility index (Phi) is 4.39. The van der Waals surface area contributed by atoms with Gasteiger partial charge in [0.15, 0.2) is 0 Å². The van der Waals surface area contributed by atoms with Gasteiger partial charge in [-0.15, -0.1) is 0 Å². The Hall–Kier alpha value is -1.32. The number of aryl methyl sites for hydroxylation is 1. The maximum atomic E-state index is 6.18. The van der Waals surface area contributed by atoms with Crippen LogP contribution in [0.25, 0.3) is 0 Å². The quantitative estimate of drug-likeness (QED) is 0.900. The van der Waals surface area contributed by atoms with Crippen LogP contribution >= 0.6 is 11.6 Å². The van der Waals surface area contributed by atoms with E-state index in [1.54, 1.807) is 6.20 Å². The molecule has 0 bridgehead atoms. The standard InChI is InChI=1S/C14H18ClN3/c1-2-18-14(12(15)10-17-18)9-8-13(16)11-6-4-3-5-7-11/h3-7,10,13H,2,8-9,16H2,1H3. The molecule has 0 spiro atoms. The van der Waals surface area contributed by atoms with E-state index in [4.69, 9.17) is 17.3 Å². The first-order valence-electron chi connectivity index (χ1n) is 6.23. The summed E-state index contributed by atoms with van der Waals surface area (Å²) in [5, 5.41) is 4.96. The highest BCUT2D eigenvalue weighted by Crippen LogP contribution is 2.21. The minimum absolute atomic E-state index is 0.0440. The summed E-state index contributed by atoms with van der Waals surface area (Å²) in [6, 6.07) is 10.2. The third-order valence-electron chi connectivity index (χ3n) is 3.12. The van der Waals surface area contributed by atoms with E-state index < -0.39 is 0 Å². The van der Waals surface area contributed by atoms with Crippen LogP contribution < -0.4 is 5.73 Å². The fourth-order valence-electron chi connectivity index (χ4n) is 2.07. The molecule has 4 heteroatoms. The predicted molar refractivity (Wildman–Crippen MR) is 74.6 cm³/mol. The van der Waals surface area contributed by atoms with Crippen LogP contribution in [-0.2, 0) is 13.0 Å². The van der Waals surface area contributed by atoms with E-state index >= 15 is 0 Å². The lowest BCUT2D eigenvalue weighted by molar-refractivity contribution is 0.580. The first kappa shape index (κ1) is 13.1. The third kappa shape index (κ3) is 2.92. The van der Waals surface area contributed by atoms with Gasteiger partial charge in [-0.25, -0.2) is 0 Å². The monoisotopic (exact) mass is 263 g/mol. The van der Waals surface area contributed by atoms with Gasteiger partial charge in [-0.1, -0.05) is 41.9 Å². The number of hydrogen-bond acceptors (Lipinski definition) is 2. The van der Waals surface area contributed by atoms with E-state index in [2.05, 4.69) is 24.2 Å². The molecule has 18 heavy (non-hydrogen) atoms. The second-order valence-corrected chi connectivity index (χ2v) is 4.72. The number of benzene rings is 1. The average molecular weight is 264 g/mol. The number of rotatable bonds is 5. The van der Waals surface area contributed by atoms with Crippen molar-refractivity contribution >= 4 is 11.6 Å². The zero-order chi connectivity index (χ0) is 13.0. The summed E-state index contributed by atoms with van der Waals surface area (Å²) >= 11 is 6.13. The van der Waals surface area contributed by atoms with Crippen molar-refractivity contribution in [3.05, 3.63) is 52.8 Å². The third-order valence-corrected chi connectivity index (χ3v) is 3.43. The van der Waals surface area contributed by atoms with Crippen molar-refractivity contribution in [3.8, 4) is 0 Å². The maximum Gasteiger partial charge on any atom is 0.0817 e. The Labute approximate surface area is 113 Å². The van der Waals surface area contributed by atoms with Crippen LogP contribution in [-0.4, -0.2) is 9.78 Å². The van der Waals surface area contributed by atoms with Crippen LogP contribution in [0.2, 0.25) is 5.02 Å². The summed E-state index contributed by atoms with van der Waals surface area (Å²) in [5.41, 5.74) is 8.42. The molecule has 0 amide bonds. The summed E-state index contributed by atoms with van der Waals surface area (Å²) in [6.45, 7) is 2.90. The van der Waals surface area contributed by atoms with E-state index in [9.17, 15) is 0 Å². The van der Waals surface area contributed by atoms with Crippen molar-refractivity contribution in [2.75, 3.05) is 0 Å². The SMILES string of the molecule is CCn1ncc(Cl)c1CCC(N)c1ccccc1. The molecule has 1 atom stereocenters. The van der Waals surface area contributed by atoms with Gasteiger partial charge in [0.25, 0.3) is 0 Å². The van der Waals surface area contributed by atoms with Crippen molar-refractivity contribution in [1.29, 1.82) is 0 Å². The second kappa shape index (κ2) is 6.03. The van der Waals surface area contributed by atoms with Gasteiger partial charge in [-0.3, -0.25) is 4.68 Å².